The van der Waals surface area contributed by atoms with Crippen molar-refractivity contribution in [3.8, 4) is 5.75 Å². The Kier molecular flexibility index (Phi) is 9.54. The number of benzene rings is 1. The van der Waals surface area contributed by atoms with Gasteiger partial charge < -0.3 is 20.9 Å². The van der Waals surface area contributed by atoms with Crippen LogP contribution in [0.1, 0.15) is 118 Å². The first-order chi connectivity index (χ1) is 20.4. The molecule has 6 heteroatoms. The number of allylic oxidation sites excluding steroid dienone is 1. The fraction of sp³-hybridized carbons (Fsp3) is 0.730. The van der Waals surface area contributed by atoms with Crippen LogP contribution in [0.25, 0.3) is 0 Å². The summed E-state index contributed by atoms with van der Waals surface area (Å²) in [5.41, 5.74) is 14.6. The zero-order valence-corrected chi connectivity index (χ0v) is 27.3. The number of carbonyl (C=O) groups is 2. The predicted octanol–water partition coefficient (Wildman–Crippen LogP) is 8.49. The van der Waals surface area contributed by atoms with Crippen molar-refractivity contribution in [1.29, 1.82) is 0 Å². The predicted molar refractivity (Wildman–Crippen MR) is 173 cm³/mol. The van der Waals surface area contributed by atoms with Crippen LogP contribution in [0.3, 0.4) is 0 Å². The molecule has 0 aliphatic heterocycles. The van der Waals surface area contributed by atoms with E-state index in [9.17, 15) is 9.59 Å². The van der Waals surface area contributed by atoms with Gasteiger partial charge in [-0.1, -0.05) is 65.5 Å². The number of hydrogen-bond donors (Lipinski definition) is 2. The van der Waals surface area contributed by atoms with Crippen LogP contribution in [0.5, 0.6) is 5.75 Å². The first-order valence-electron chi connectivity index (χ1n) is 17.1. The van der Waals surface area contributed by atoms with E-state index in [-0.39, 0.29) is 36.1 Å². The molecule has 3 saturated carbocycles. The second-order valence-electron chi connectivity index (χ2n) is 15.5. The Morgan fingerprint density at radius 2 is 1.63 bits per heavy atom. The Hall–Kier alpha value is -2.50. The van der Waals surface area contributed by atoms with Crippen molar-refractivity contribution in [2.75, 3.05) is 11.5 Å². The van der Waals surface area contributed by atoms with Crippen LogP contribution in [0.4, 0.5) is 11.4 Å². The van der Waals surface area contributed by atoms with E-state index < -0.39 is 5.97 Å². The van der Waals surface area contributed by atoms with Crippen molar-refractivity contribution >= 4 is 23.3 Å². The van der Waals surface area contributed by atoms with E-state index in [1.54, 1.807) is 18.2 Å². The van der Waals surface area contributed by atoms with Gasteiger partial charge in [0.25, 0.3) is 0 Å². The summed E-state index contributed by atoms with van der Waals surface area (Å²) in [5, 5.41) is 0. The second kappa shape index (κ2) is 12.9. The molecule has 0 amide bonds. The zero-order chi connectivity index (χ0) is 30.9. The molecule has 5 rings (SSSR count). The second-order valence-corrected chi connectivity index (χ2v) is 15.5. The molecule has 0 bridgehead atoms. The van der Waals surface area contributed by atoms with E-state index in [1.807, 2.05) is 0 Å². The lowest BCUT2D eigenvalue weighted by molar-refractivity contribution is -0.153. The molecule has 0 radical (unpaired) electrons. The highest BCUT2D eigenvalue weighted by Gasteiger charge is 2.59. The molecule has 8 atom stereocenters. The SMILES string of the molecule is CC(C)CCCC(C)C1CCC2C3CC=C4CC(OC(=O)CCC(=O)Oc5cc(N)cc(N)c5)CCC4(C)C3CCC12C. The fourth-order valence-electron chi connectivity index (χ4n) is 10.1. The number of ether oxygens (including phenoxy) is 2. The number of nitrogen functional groups attached to an aromatic ring is 2. The molecule has 4 aliphatic rings. The molecule has 1 aromatic carbocycles. The Labute approximate surface area is 259 Å². The zero-order valence-electron chi connectivity index (χ0n) is 27.3. The standard InChI is InChI=1S/C37H56N2O4/c1-23(2)7-6-8-24(3)31-11-12-32-30-10-9-25-19-28(15-17-36(25,4)33(30)16-18-37(31,32)5)42-34(40)13-14-35(41)43-29-21-26(38)20-27(39)22-29/h9,20-24,28,30-33H,6-8,10-19,38-39H2,1-5H3. The first-order valence-corrected chi connectivity index (χ1v) is 17.1. The number of anilines is 2. The Morgan fingerprint density at radius 3 is 2.35 bits per heavy atom. The van der Waals surface area contributed by atoms with Gasteiger partial charge in [0.2, 0.25) is 0 Å². The third-order valence-corrected chi connectivity index (χ3v) is 12.3. The molecule has 3 fully saturated rings. The molecule has 0 spiro atoms. The highest BCUT2D eigenvalue weighted by molar-refractivity contribution is 5.79. The molecule has 238 valence electrons. The molecule has 8 unspecified atom stereocenters. The van der Waals surface area contributed by atoms with Gasteiger partial charge in [-0.15, -0.1) is 0 Å². The van der Waals surface area contributed by atoms with Crippen molar-refractivity contribution in [3.05, 3.63) is 29.8 Å². The van der Waals surface area contributed by atoms with Crippen molar-refractivity contribution in [1.82, 2.24) is 0 Å². The van der Waals surface area contributed by atoms with Gasteiger partial charge in [0.15, 0.2) is 0 Å². The Bertz CT molecular complexity index is 1190. The lowest BCUT2D eigenvalue weighted by Crippen LogP contribution is -2.51. The summed E-state index contributed by atoms with van der Waals surface area (Å²) in [6, 6.07) is 4.68. The van der Waals surface area contributed by atoms with Gasteiger partial charge in [-0.3, -0.25) is 9.59 Å². The molecule has 43 heavy (non-hydrogen) atoms. The summed E-state index contributed by atoms with van der Waals surface area (Å²) in [5.74, 6) is 4.35. The van der Waals surface area contributed by atoms with Gasteiger partial charge in [-0.05, 0) is 97.3 Å². The molecule has 4 N–H and O–H groups in total. The van der Waals surface area contributed by atoms with Gasteiger partial charge >= 0.3 is 11.9 Å². The number of carbonyl (C=O) groups excluding carboxylic acids is 2. The minimum atomic E-state index is -0.498. The minimum Gasteiger partial charge on any atom is -0.462 e. The van der Waals surface area contributed by atoms with E-state index >= 15 is 0 Å². The summed E-state index contributed by atoms with van der Waals surface area (Å²) >= 11 is 0. The molecular weight excluding hydrogens is 536 g/mol. The Balaban J connectivity index is 1.14. The van der Waals surface area contributed by atoms with E-state index in [2.05, 4.69) is 40.7 Å². The lowest BCUT2D eigenvalue weighted by Gasteiger charge is -2.58. The maximum absolute atomic E-state index is 12.7. The molecule has 4 aliphatic carbocycles. The quantitative estimate of drug-likeness (QED) is 0.122. The number of fused-ring (bicyclic) bond motifs is 5. The van der Waals surface area contributed by atoms with Crippen LogP contribution in [0, 0.1) is 46.3 Å². The summed E-state index contributed by atoms with van der Waals surface area (Å²) in [7, 11) is 0. The van der Waals surface area contributed by atoms with Crippen molar-refractivity contribution in [2.45, 2.75) is 124 Å². The van der Waals surface area contributed by atoms with Gasteiger partial charge in [0, 0.05) is 29.9 Å². The fourth-order valence-corrected chi connectivity index (χ4v) is 10.1. The third kappa shape index (κ3) is 6.78. The van der Waals surface area contributed by atoms with Crippen molar-refractivity contribution in [3.63, 3.8) is 0 Å². The van der Waals surface area contributed by atoms with E-state index in [0.717, 1.165) is 54.8 Å². The summed E-state index contributed by atoms with van der Waals surface area (Å²) < 4.78 is 11.2. The summed E-state index contributed by atoms with van der Waals surface area (Å²) in [4.78, 5) is 25.0. The molecule has 1 aromatic rings. The molecule has 0 saturated heterocycles. The largest absolute Gasteiger partial charge is 0.462 e. The van der Waals surface area contributed by atoms with Crippen molar-refractivity contribution in [2.24, 2.45) is 46.3 Å². The maximum Gasteiger partial charge on any atom is 0.311 e. The van der Waals surface area contributed by atoms with Gasteiger partial charge in [0.05, 0.1) is 12.8 Å². The Morgan fingerprint density at radius 1 is 0.907 bits per heavy atom. The van der Waals surface area contributed by atoms with Gasteiger partial charge in [-0.2, -0.15) is 0 Å². The van der Waals surface area contributed by atoms with Crippen LogP contribution in [-0.2, 0) is 14.3 Å². The van der Waals surface area contributed by atoms with E-state index in [4.69, 9.17) is 20.9 Å². The van der Waals surface area contributed by atoms with Crippen LogP contribution in [0.15, 0.2) is 29.8 Å². The number of nitrogens with two attached hydrogens (primary N) is 2. The number of esters is 2. The third-order valence-electron chi connectivity index (χ3n) is 12.3. The smallest absolute Gasteiger partial charge is 0.311 e. The van der Waals surface area contributed by atoms with Crippen molar-refractivity contribution < 1.29 is 19.1 Å². The maximum atomic E-state index is 12.7. The molecule has 0 aromatic heterocycles. The molecule has 6 nitrogen and oxygen atoms in total. The average molecular weight is 593 g/mol. The van der Waals surface area contributed by atoms with Crippen LogP contribution >= 0.6 is 0 Å². The molecule has 0 heterocycles. The minimum absolute atomic E-state index is 0.00542. The van der Waals surface area contributed by atoms with Gasteiger partial charge in [-0.25, -0.2) is 0 Å². The molecular formula is C37H56N2O4. The summed E-state index contributed by atoms with van der Waals surface area (Å²) in [6.07, 6.45) is 16.0. The number of rotatable bonds is 10. The summed E-state index contributed by atoms with van der Waals surface area (Å²) in [6.45, 7) is 12.4. The monoisotopic (exact) mass is 592 g/mol. The topological polar surface area (TPSA) is 105 Å². The normalized spacial score (nSPS) is 34.0. The van der Waals surface area contributed by atoms with Crippen LogP contribution in [-0.4, -0.2) is 18.0 Å². The highest BCUT2D eigenvalue weighted by Crippen LogP contribution is 2.67. The van der Waals surface area contributed by atoms with Crippen LogP contribution < -0.4 is 16.2 Å². The van der Waals surface area contributed by atoms with E-state index in [0.29, 0.717) is 16.8 Å². The first kappa shape index (κ1) is 31.9. The van der Waals surface area contributed by atoms with Gasteiger partial charge in [0.1, 0.15) is 11.9 Å². The highest BCUT2D eigenvalue weighted by atomic mass is 16.5. The van der Waals surface area contributed by atoms with Crippen LogP contribution in [0.2, 0.25) is 0 Å². The number of hydrogen-bond acceptors (Lipinski definition) is 6. The van der Waals surface area contributed by atoms with E-state index in [1.165, 1.54) is 56.9 Å². The lowest BCUT2D eigenvalue weighted by atomic mass is 9.47. The average Bonchev–Trinajstić information content (AvgIpc) is 3.28.